The summed E-state index contributed by atoms with van der Waals surface area (Å²) in [7, 11) is 2.90. The van der Waals surface area contributed by atoms with Crippen molar-refractivity contribution in [2.24, 2.45) is 0 Å². The summed E-state index contributed by atoms with van der Waals surface area (Å²) in [5.74, 6) is 0.818. The van der Waals surface area contributed by atoms with Gasteiger partial charge < -0.3 is 9.47 Å². The van der Waals surface area contributed by atoms with Gasteiger partial charge in [0, 0.05) is 0 Å². The Morgan fingerprint density at radius 2 is 1.75 bits per heavy atom. The molecule has 0 unspecified atom stereocenters. The van der Waals surface area contributed by atoms with E-state index in [1.165, 1.54) is 32.4 Å². The predicted molar refractivity (Wildman–Crippen MR) is 65.1 cm³/mol. The van der Waals surface area contributed by atoms with Crippen LogP contribution in [0.1, 0.15) is 11.7 Å². The zero-order valence-electron chi connectivity index (χ0n) is 8.64. The Balaban J connectivity index is 3.08. The number of methoxy groups -OCH3 is 2. The highest BCUT2D eigenvalue weighted by Crippen LogP contribution is 2.45. The zero-order chi connectivity index (χ0) is 12.3. The van der Waals surface area contributed by atoms with Crippen molar-refractivity contribution < 1.29 is 18.3 Å². The largest absolute Gasteiger partial charge is 0.493 e. The highest BCUT2D eigenvalue weighted by atomic mass is 79.9. The average Bonchev–Trinajstić information content (AvgIpc) is 2.25. The second-order valence-electron chi connectivity index (χ2n) is 3.02. The molecule has 1 aromatic rings. The summed E-state index contributed by atoms with van der Waals surface area (Å²) in [6.07, 6.45) is -1.85. The third-order valence-corrected chi connectivity index (χ3v) is 2.79. The van der Waals surface area contributed by atoms with E-state index >= 15 is 0 Å². The fraction of sp³-hybridized carbons (Fsp3) is 0.400. The first-order valence-electron chi connectivity index (χ1n) is 4.33. The van der Waals surface area contributed by atoms with Gasteiger partial charge in [0.05, 0.1) is 14.2 Å². The maximum atomic E-state index is 13.6. The van der Waals surface area contributed by atoms with Gasteiger partial charge in [0.25, 0.3) is 3.49 Å². The van der Waals surface area contributed by atoms with Gasteiger partial charge in [-0.3, -0.25) is 0 Å². The molecule has 0 aliphatic carbocycles. The molecule has 0 radical (unpaired) electrons. The van der Waals surface area contributed by atoms with Crippen molar-refractivity contribution in [3.05, 3.63) is 23.8 Å². The Morgan fingerprint density at radius 3 is 2.19 bits per heavy atom. The van der Waals surface area contributed by atoms with Crippen LogP contribution in [0.2, 0.25) is 0 Å². The SMILES string of the molecule is COc1ccc([C@@H](F)C(F)(Br)Br)cc1OC. The van der Waals surface area contributed by atoms with Crippen LogP contribution < -0.4 is 9.47 Å². The number of ether oxygens (including phenoxy) is 2. The van der Waals surface area contributed by atoms with Gasteiger partial charge >= 0.3 is 0 Å². The molecule has 0 saturated carbocycles. The lowest BCUT2D eigenvalue weighted by Gasteiger charge is -2.17. The highest BCUT2D eigenvalue weighted by molar-refractivity contribution is 9.25. The molecule has 0 bridgehead atoms. The van der Waals surface area contributed by atoms with Gasteiger partial charge in [-0.05, 0) is 49.6 Å². The highest BCUT2D eigenvalue weighted by Gasteiger charge is 2.35. The first-order valence-corrected chi connectivity index (χ1v) is 5.91. The quantitative estimate of drug-likeness (QED) is 0.752. The molecule has 1 rings (SSSR count). The van der Waals surface area contributed by atoms with Crippen molar-refractivity contribution in [2.75, 3.05) is 14.2 Å². The van der Waals surface area contributed by atoms with Crippen LogP contribution in [0.15, 0.2) is 18.2 Å². The maximum Gasteiger partial charge on any atom is 0.253 e. The summed E-state index contributed by atoms with van der Waals surface area (Å²) in [6, 6.07) is 4.34. The van der Waals surface area contributed by atoms with E-state index in [2.05, 4.69) is 31.9 Å². The molecule has 1 atom stereocenters. The van der Waals surface area contributed by atoms with Crippen LogP contribution >= 0.6 is 31.9 Å². The molecule has 0 aliphatic rings. The molecule has 16 heavy (non-hydrogen) atoms. The first-order chi connectivity index (χ1) is 7.40. The van der Waals surface area contributed by atoms with Gasteiger partial charge in [-0.2, -0.15) is 0 Å². The van der Waals surface area contributed by atoms with Gasteiger partial charge in [0.1, 0.15) is 0 Å². The average molecular weight is 360 g/mol. The molecular weight excluding hydrogens is 350 g/mol. The van der Waals surface area contributed by atoms with Gasteiger partial charge in [-0.15, -0.1) is 0 Å². The standard InChI is InChI=1S/C10H10Br2F2O2/c1-15-7-4-3-6(5-8(7)16-2)9(13)10(11,12)14/h3-5,9H,1-2H3/t9-/m1/s1. The number of alkyl halides is 4. The monoisotopic (exact) mass is 358 g/mol. The van der Waals surface area contributed by atoms with Crippen LogP contribution in [0, 0.1) is 0 Å². The lowest BCUT2D eigenvalue weighted by molar-refractivity contribution is 0.224. The van der Waals surface area contributed by atoms with E-state index < -0.39 is 9.66 Å². The van der Waals surface area contributed by atoms with Crippen molar-refractivity contribution in [3.8, 4) is 11.5 Å². The van der Waals surface area contributed by atoms with Crippen molar-refractivity contribution in [1.29, 1.82) is 0 Å². The number of hydrogen-bond acceptors (Lipinski definition) is 2. The van der Waals surface area contributed by atoms with Crippen LogP contribution in [0.5, 0.6) is 11.5 Å². The lowest BCUT2D eigenvalue weighted by Crippen LogP contribution is -2.12. The summed E-state index contributed by atoms with van der Waals surface area (Å²) >= 11 is 5.13. The molecule has 0 saturated heterocycles. The smallest absolute Gasteiger partial charge is 0.253 e. The molecule has 0 fully saturated rings. The van der Waals surface area contributed by atoms with Crippen LogP contribution in [0.4, 0.5) is 8.78 Å². The van der Waals surface area contributed by atoms with Crippen molar-refractivity contribution in [1.82, 2.24) is 0 Å². The Bertz CT molecular complexity index is 366. The fourth-order valence-electron chi connectivity index (χ4n) is 1.20. The molecule has 0 aliphatic heterocycles. The number of benzene rings is 1. The Hall–Kier alpha value is -0.360. The molecule has 90 valence electrons. The minimum absolute atomic E-state index is 0.147. The second kappa shape index (κ2) is 5.31. The van der Waals surface area contributed by atoms with Gasteiger partial charge in [-0.25, -0.2) is 8.78 Å². The normalized spacial score (nSPS) is 13.4. The maximum absolute atomic E-state index is 13.6. The first kappa shape index (κ1) is 13.7. The fourth-order valence-corrected chi connectivity index (χ4v) is 1.73. The van der Waals surface area contributed by atoms with Gasteiger partial charge in [0.15, 0.2) is 17.7 Å². The van der Waals surface area contributed by atoms with E-state index in [4.69, 9.17) is 9.47 Å². The van der Waals surface area contributed by atoms with E-state index in [0.29, 0.717) is 11.5 Å². The molecule has 0 aromatic heterocycles. The zero-order valence-corrected chi connectivity index (χ0v) is 11.8. The van der Waals surface area contributed by atoms with Crippen LogP contribution in [-0.2, 0) is 0 Å². The third-order valence-electron chi connectivity index (χ3n) is 1.99. The van der Waals surface area contributed by atoms with E-state index in [0.717, 1.165) is 0 Å². The van der Waals surface area contributed by atoms with Crippen LogP contribution in [0.3, 0.4) is 0 Å². The predicted octanol–water partition coefficient (Wildman–Crippen LogP) is 4.13. The van der Waals surface area contributed by atoms with Crippen molar-refractivity contribution >= 4 is 31.9 Å². The summed E-state index contributed by atoms with van der Waals surface area (Å²) in [5, 5.41) is 0. The number of hydrogen-bond donors (Lipinski definition) is 0. The van der Waals surface area contributed by atoms with E-state index in [1.807, 2.05) is 0 Å². The molecule has 1 aromatic carbocycles. The Labute approximate surface area is 109 Å². The van der Waals surface area contributed by atoms with Gasteiger partial charge in [0.2, 0.25) is 0 Å². The minimum atomic E-state index is -2.29. The Kier molecular flexibility index (Phi) is 4.55. The number of rotatable bonds is 4. The molecule has 0 N–H and O–H groups in total. The summed E-state index contributed by atoms with van der Waals surface area (Å²) < 4.78 is 34.6. The third kappa shape index (κ3) is 3.07. The lowest BCUT2D eigenvalue weighted by atomic mass is 10.1. The van der Waals surface area contributed by atoms with Crippen LogP contribution in [-0.4, -0.2) is 17.7 Å². The minimum Gasteiger partial charge on any atom is -0.493 e. The van der Waals surface area contributed by atoms with Crippen molar-refractivity contribution in [2.45, 2.75) is 9.66 Å². The molecular formula is C10H10Br2F2O2. The summed E-state index contributed by atoms with van der Waals surface area (Å²) in [5.41, 5.74) is 0.147. The van der Waals surface area contributed by atoms with E-state index in [1.54, 1.807) is 0 Å². The Morgan fingerprint density at radius 1 is 1.19 bits per heavy atom. The van der Waals surface area contributed by atoms with Crippen LogP contribution in [0.25, 0.3) is 0 Å². The molecule has 0 amide bonds. The molecule has 2 nitrogen and oxygen atoms in total. The summed E-state index contributed by atoms with van der Waals surface area (Å²) in [4.78, 5) is 0. The molecule has 0 heterocycles. The van der Waals surface area contributed by atoms with Gasteiger partial charge in [-0.1, -0.05) is 6.07 Å². The summed E-state index contributed by atoms with van der Waals surface area (Å²) in [6.45, 7) is 0. The molecule has 6 heteroatoms. The van der Waals surface area contributed by atoms with Crippen molar-refractivity contribution in [3.63, 3.8) is 0 Å². The second-order valence-corrected chi connectivity index (χ2v) is 6.39. The topological polar surface area (TPSA) is 18.5 Å². The van der Waals surface area contributed by atoms with E-state index in [-0.39, 0.29) is 5.56 Å². The van der Waals surface area contributed by atoms with E-state index in [9.17, 15) is 8.78 Å². The molecule has 0 spiro atoms. The number of halogens is 4.